The van der Waals surface area contributed by atoms with Gasteiger partial charge in [-0.25, -0.2) is 0 Å². The van der Waals surface area contributed by atoms with Crippen molar-refractivity contribution in [1.29, 1.82) is 0 Å². The number of rotatable bonds is 7. The highest BCUT2D eigenvalue weighted by Crippen LogP contribution is 2.50. The number of hydrogen-bond acceptors (Lipinski definition) is 7. The van der Waals surface area contributed by atoms with Crippen molar-refractivity contribution in [2.45, 2.75) is 25.3 Å². The van der Waals surface area contributed by atoms with Crippen molar-refractivity contribution in [2.75, 3.05) is 41.7 Å². The number of carbonyl (C=O) groups is 1. The average Bonchev–Trinajstić information content (AvgIpc) is 3.22. The van der Waals surface area contributed by atoms with Crippen molar-refractivity contribution < 1.29 is 28.5 Å². The maximum atomic E-state index is 13.1. The highest BCUT2D eigenvalue weighted by Gasteiger charge is 2.35. The van der Waals surface area contributed by atoms with Gasteiger partial charge in [0.2, 0.25) is 12.5 Å². The lowest BCUT2D eigenvalue weighted by Gasteiger charge is -2.35. The number of methoxy groups -OCH3 is 3. The maximum Gasteiger partial charge on any atom is 0.231 e. The molecule has 2 aliphatic heterocycles. The summed E-state index contributed by atoms with van der Waals surface area (Å²) in [6.45, 7) is 1.04. The summed E-state index contributed by atoms with van der Waals surface area (Å²) in [5.74, 6) is 3.35. The number of fused-ring (bicyclic) bond motifs is 2. The Kier molecular flexibility index (Phi) is 5.72. The van der Waals surface area contributed by atoms with Gasteiger partial charge >= 0.3 is 0 Å². The zero-order valence-corrected chi connectivity index (χ0v) is 17.8. The van der Waals surface area contributed by atoms with E-state index in [4.69, 9.17) is 23.7 Å². The van der Waals surface area contributed by atoms with Gasteiger partial charge in [0.1, 0.15) is 5.78 Å². The first-order valence-corrected chi connectivity index (χ1v) is 9.98. The fraction of sp³-hybridized carbons (Fsp3) is 0.435. The van der Waals surface area contributed by atoms with Gasteiger partial charge in [-0.3, -0.25) is 9.69 Å². The van der Waals surface area contributed by atoms with Crippen LogP contribution in [0.4, 0.5) is 0 Å². The van der Waals surface area contributed by atoms with Crippen LogP contribution in [0.1, 0.15) is 29.2 Å². The molecule has 2 aromatic rings. The van der Waals surface area contributed by atoms with Crippen molar-refractivity contribution in [3.05, 3.63) is 41.0 Å². The molecule has 160 valence electrons. The summed E-state index contributed by atoms with van der Waals surface area (Å²) in [7, 11) is 6.85. The van der Waals surface area contributed by atoms with E-state index in [-0.39, 0.29) is 25.0 Å². The first-order valence-electron chi connectivity index (χ1n) is 9.98. The third-order valence-electron chi connectivity index (χ3n) is 5.84. The standard InChI is InChI=1S/C23H27NO6/c1-24-9-8-14-11-19-22(30-13-29-19)23(28-4)20(14)17(24)12-16(25)10-15-6-5-7-18(26-2)21(15)27-3/h5-7,11,17H,8-10,12-13H2,1-4H3. The van der Waals surface area contributed by atoms with Gasteiger partial charge in [-0.15, -0.1) is 0 Å². The third-order valence-corrected chi connectivity index (χ3v) is 5.84. The second-order valence-electron chi connectivity index (χ2n) is 7.54. The van der Waals surface area contributed by atoms with Gasteiger partial charge in [-0.1, -0.05) is 12.1 Å². The minimum atomic E-state index is -0.0951. The number of nitrogens with zero attached hydrogens (tertiary/aromatic N) is 1. The number of ether oxygens (including phenoxy) is 5. The summed E-state index contributed by atoms with van der Waals surface area (Å²) in [6, 6.07) is 7.52. The molecule has 0 N–H and O–H groups in total. The molecule has 0 saturated carbocycles. The molecule has 7 heteroatoms. The molecule has 7 nitrogen and oxygen atoms in total. The summed E-state index contributed by atoms with van der Waals surface area (Å²) < 4.78 is 27.8. The van der Waals surface area contributed by atoms with E-state index in [9.17, 15) is 4.79 Å². The average molecular weight is 413 g/mol. The van der Waals surface area contributed by atoms with E-state index >= 15 is 0 Å². The molecule has 30 heavy (non-hydrogen) atoms. The lowest BCUT2D eigenvalue weighted by atomic mass is 9.87. The van der Waals surface area contributed by atoms with E-state index in [0.29, 0.717) is 35.2 Å². The molecule has 0 saturated heterocycles. The Morgan fingerprint density at radius 3 is 2.67 bits per heavy atom. The van der Waals surface area contributed by atoms with Crippen molar-refractivity contribution in [1.82, 2.24) is 4.90 Å². The molecule has 0 fully saturated rings. The van der Waals surface area contributed by atoms with E-state index < -0.39 is 0 Å². The lowest BCUT2D eigenvalue weighted by molar-refractivity contribution is -0.119. The molecule has 0 bridgehead atoms. The lowest BCUT2D eigenvalue weighted by Crippen LogP contribution is -2.34. The number of para-hydroxylation sites is 1. The van der Waals surface area contributed by atoms with Crippen LogP contribution in [-0.2, 0) is 17.6 Å². The first-order chi connectivity index (χ1) is 14.6. The quantitative estimate of drug-likeness (QED) is 0.691. The Morgan fingerprint density at radius 1 is 1.13 bits per heavy atom. The largest absolute Gasteiger partial charge is 0.493 e. The predicted octanol–water partition coefficient (Wildman–Crippen LogP) is 3.17. The molecular formula is C23H27NO6. The zero-order chi connectivity index (χ0) is 21.3. The smallest absolute Gasteiger partial charge is 0.231 e. The number of carbonyl (C=O) groups excluding carboxylic acids is 1. The predicted molar refractivity (Wildman–Crippen MR) is 111 cm³/mol. The molecule has 2 aliphatic rings. The summed E-state index contributed by atoms with van der Waals surface area (Å²) in [5, 5.41) is 0. The molecular weight excluding hydrogens is 386 g/mol. The van der Waals surface area contributed by atoms with Crippen LogP contribution < -0.4 is 23.7 Å². The van der Waals surface area contributed by atoms with Crippen molar-refractivity contribution in [2.24, 2.45) is 0 Å². The van der Waals surface area contributed by atoms with E-state index in [1.807, 2.05) is 31.3 Å². The van der Waals surface area contributed by atoms with Crippen molar-refractivity contribution in [3.8, 4) is 28.7 Å². The summed E-state index contributed by atoms with van der Waals surface area (Å²) in [5.41, 5.74) is 2.98. The van der Waals surface area contributed by atoms with Gasteiger partial charge in [-0.05, 0) is 31.2 Å². The Labute approximate surface area is 176 Å². The second-order valence-corrected chi connectivity index (χ2v) is 7.54. The molecule has 2 aromatic carbocycles. The van der Waals surface area contributed by atoms with Crippen LogP contribution in [0.3, 0.4) is 0 Å². The molecule has 0 spiro atoms. The van der Waals surface area contributed by atoms with Gasteiger partial charge in [0.05, 0.1) is 21.3 Å². The Balaban J connectivity index is 1.63. The SMILES string of the molecule is COc1cccc(CC(=O)CC2c3c(cc4c(c3OC)OCO4)CCN2C)c1OC. The van der Waals surface area contributed by atoms with Gasteiger partial charge in [0.25, 0.3) is 0 Å². The number of benzene rings is 2. The Morgan fingerprint density at radius 2 is 1.93 bits per heavy atom. The molecule has 0 amide bonds. The van der Waals surface area contributed by atoms with Gasteiger partial charge in [-0.2, -0.15) is 0 Å². The topological polar surface area (TPSA) is 66.5 Å². The van der Waals surface area contributed by atoms with Crippen LogP contribution in [0.5, 0.6) is 28.7 Å². The fourth-order valence-electron chi connectivity index (χ4n) is 4.38. The monoisotopic (exact) mass is 413 g/mol. The Hall–Kier alpha value is -2.93. The highest BCUT2D eigenvalue weighted by molar-refractivity contribution is 5.83. The number of hydrogen-bond donors (Lipinski definition) is 0. The molecule has 4 rings (SSSR count). The van der Waals surface area contributed by atoms with E-state index in [1.54, 1.807) is 21.3 Å². The van der Waals surface area contributed by atoms with E-state index in [2.05, 4.69) is 4.90 Å². The summed E-state index contributed by atoms with van der Waals surface area (Å²) in [6.07, 6.45) is 1.50. The molecule has 2 heterocycles. The molecule has 0 aromatic heterocycles. The molecule has 0 radical (unpaired) electrons. The van der Waals surface area contributed by atoms with Crippen molar-refractivity contribution in [3.63, 3.8) is 0 Å². The van der Waals surface area contributed by atoms with Crippen LogP contribution >= 0.6 is 0 Å². The maximum absolute atomic E-state index is 13.1. The summed E-state index contributed by atoms with van der Waals surface area (Å²) >= 11 is 0. The van der Waals surface area contributed by atoms with Crippen LogP contribution in [0.25, 0.3) is 0 Å². The summed E-state index contributed by atoms with van der Waals surface area (Å²) in [4.78, 5) is 15.3. The van der Waals surface area contributed by atoms with Gasteiger partial charge in [0.15, 0.2) is 23.0 Å². The van der Waals surface area contributed by atoms with E-state index in [0.717, 1.165) is 29.7 Å². The normalized spacial score (nSPS) is 17.4. The van der Waals surface area contributed by atoms with E-state index in [1.165, 1.54) is 0 Å². The van der Waals surface area contributed by atoms with Crippen molar-refractivity contribution >= 4 is 5.78 Å². The van der Waals surface area contributed by atoms with Crippen LogP contribution in [0.2, 0.25) is 0 Å². The Bertz CT molecular complexity index is 957. The molecule has 1 unspecified atom stereocenters. The molecule has 0 aliphatic carbocycles. The number of ketones is 1. The first kappa shape index (κ1) is 20.3. The van der Waals surface area contributed by atoms with Gasteiger partial charge < -0.3 is 23.7 Å². The van der Waals surface area contributed by atoms with Crippen LogP contribution in [0, 0.1) is 0 Å². The second kappa shape index (κ2) is 8.44. The third kappa shape index (κ3) is 3.54. The van der Waals surface area contributed by atoms with Crippen LogP contribution in [0.15, 0.2) is 24.3 Å². The molecule has 1 atom stereocenters. The highest BCUT2D eigenvalue weighted by atomic mass is 16.7. The minimum Gasteiger partial charge on any atom is -0.493 e. The van der Waals surface area contributed by atoms with Gasteiger partial charge in [0, 0.05) is 36.6 Å². The number of Topliss-reactive ketones (excluding diaryl/α,β-unsaturated/α-hetero) is 1. The van der Waals surface area contributed by atoms with Crippen LogP contribution in [-0.4, -0.2) is 52.4 Å². The minimum absolute atomic E-state index is 0.0951. The number of likely N-dealkylation sites (N-methyl/N-ethyl adjacent to an activating group) is 1. The zero-order valence-electron chi connectivity index (χ0n) is 17.8. The fourth-order valence-corrected chi connectivity index (χ4v) is 4.38.